The van der Waals surface area contributed by atoms with E-state index in [1.807, 2.05) is 14.0 Å². The second kappa shape index (κ2) is 8.00. The van der Waals surface area contributed by atoms with Crippen molar-refractivity contribution in [2.24, 2.45) is 7.05 Å². The van der Waals surface area contributed by atoms with Crippen LogP contribution in [0.15, 0.2) is 0 Å². The van der Waals surface area contributed by atoms with Crippen LogP contribution >= 0.6 is 11.6 Å². The van der Waals surface area contributed by atoms with Crippen molar-refractivity contribution in [2.75, 3.05) is 20.3 Å². The first-order valence-electron chi connectivity index (χ1n) is 6.80. The van der Waals surface area contributed by atoms with Crippen molar-refractivity contribution in [3.63, 3.8) is 0 Å². The van der Waals surface area contributed by atoms with E-state index in [9.17, 15) is 13.2 Å². The molecule has 0 aliphatic rings. The van der Waals surface area contributed by atoms with Crippen LogP contribution in [0.3, 0.4) is 0 Å². The van der Waals surface area contributed by atoms with E-state index in [1.165, 1.54) is 0 Å². The zero-order chi connectivity index (χ0) is 16.0. The Morgan fingerprint density at radius 1 is 1.43 bits per heavy atom. The summed E-state index contributed by atoms with van der Waals surface area (Å²) in [4.78, 5) is 0. The molecule has 0 saturated heterocycles. The highest BCUT2D eigenvalue weighted by Crippen LogP contribution is 2.22. The summed E-state index contributed by atoms with van der Waals surface area (Å²) in [6.07, 6.45) is -2.48. The van der Waals surface area contributed by atoms with E-state index in [0.717, 1.165) is 17.8 Å². The van der Waals surface area contributed by atoms with Gasteiger partial charge in [-0.15, -0.1) is 0 Å². The molecule has 0 aromatic carbocycles. The Kier molecular flexibility index (Phi) is 6.96. The molecule has 1 atom stereocenters. The molecule has 122 valence electrons. The molecule has 4 nitrogen and oxygen atoms in total. The number of nitrogens with one attached hydrogen (secondary N) is 1. The smallest absolute Gasteiger partial charge is 0.372 e. The van der Waals surface area contributed by atoms with Gasteiger partial charge in [0.2, 0.25) is 0 Å². The number of nitrogens with zero attached hydrogens (tertiary/aromatic N) is 2. The molecule has 1 rings (SSSR count). The Balaban J connectivity index is 2.53. The molecule has 1 unspecified atom stereocenters. The molecule has 0 aliphatic heterocycles. The molecule has 1 aromatic rings. The van der Waals surface area contributed by atoms with Gasteiger partial charge in [-0.05, 0) is 19.9 Å². The van der Waals surface area contributed by atoms with Crippen molar-refractivity contribution in [3.8, 4) is 0 Å². The van der Waals surface area contributed by atoms with Crippen molar-refractivity contribution >= 4 is 11.6 Å². The first kappa shape index (κ1) is 18.3. The Labute approximate surface area is 127 Å². The lowest BCUT2D eigenvalue weighted by molar-refractivity contribution is -0.174. The third-order valence-corrected chi connectivity index (χ3v) is 3.66. The van der Waals surface area contributed by atoms with Gasteiger partial charge in [0.15, 0.2) is 0 Å². The quantitative estimate of drug-likeness (QED) is 0.746. The largest absolute Gasteiger partial charge is 0.411 e. The van der Waals surface area contributed by atoms with Gasteiger partial charge in [0.05, 0.1) is 16.4 Å². The number of rotatable bonds is 8. The molecule has 0 fully saturated rings. The Bertz CT molecular complexity index is 449. The number of alkyl halides is 3. The number of aryl methyl sites for hydroxylation is 2. The Morgan fingerprint density at radius 2 is 2.10 bits per heavy atom. The fraction of sp³-hybridized carbons (Fsp3) is 0.769. The molecule has 1 N–H and O–H groups in total. The predicted molar refractivity (Wildman–Crippen MR) is 75.6 cm³/mol. The van der Waals surface area contributed by atoms with Gasteiger partial charge in [0.1, 0.15) is 6.61 Å². The van der Waals surface area contributed by atoms with Gasteiger partial charge in [-0.2, -0.15) is 18.3 Å². The van der Waals surface area contributed by atoms with E-state index in [-0.39, 0.29) is 12.6 Å². The summed E-state index contributed by atoms with van der Waals surface area (Å²) in [7, 11) is 3.58. The van der Waals surface area contributed by atoms with Gasteiger partial charge in [0.25, 0.3) is 0 Å². The lowest BCUT2D eigenvalue weighted by atomic mass is 10.1. The maximum atomic E-state index is 12.0. The van der Waals surface area contributed by atoms with E-state index in [4.69, 9.17) is 11.6 Å². The van der Waals surface area contributed by atoms with Crippen LogP contribution in [0.1, 0.15) is 24.7 Å². The van der Waals surface area contributed by atoms with Crippen LogP contribution in [0.5, 0.6) is 0 Å². The minimum absolute atomic E-state index is 0.0177. The first-order valence-corrected chi connectivity index (χ1v) is 7.18. The highest BCUT2D eigenvalue weighted by atomic mass is 35.5. The first-order chi connectivity index (χ1) is 9.78. The maximum Gasteiger partial charge on any atom is 0.411 e. The number of likely N-dealkylation sites (N-methyl/N-ethyl adjacent to an activating group) is 1. The van der Waals surface area contributed by atoms with Crippen molar-refractivity contribution in [1.82, 2.24) is 15.1 Å². The van der Waals surface area contributed by atoms with Crippen LogP contribution in [-0.2, 0) is 24.6 Å². The van der Waals surface area contributed by atoms with E-state index in [0.29, 0.717) is 17.9 Å². The molecular formula is C13H21ClF3N3O. The van der Waals surface area contributed by atoms with Gasteiger partial charge in [-0.1, -0.05) is 18.5 Å². The molecule has 1 heterocycles. The van der Waals surface area contributed by atoms with Crippen LogP contribution in [0.4, 0.5) is 13.2 Å². The molecule has 0 radical (unpaired) electrons. The lowest BCUT2D eigenvalue weighted by Crippen LogP contribution is -2.30. The van der Waals surface area contributed by atoms with Crippen LogP contribution in [-0.4, -0.2) is 42.3 Å². The van der Waals surface area contributed by atoms with Crippen molar-refractivity contribution in [3.05, 3.63) is 16.4 Å². The highest BCUT2D eigenvalue weighted by molar-refractivity contribution is 6.31. The van der Waals surface area contributed by atoms with Gasteiger partial charge in [-0.25, -0.2) is 0 Å². The normalized spacial score (nSPS) is 13.7. The van der Waals surface area contributed by atoms with Gasteiger partial charge >= 0.3 is 6.18 Å². The molecule has 1 aromatic heterocycles. The number of ether oxygens (including phenoxy) is 1. The molecule has 8 heteroatoms. The Hall–Kier alpha value is -0.790. The third kappa shape index (κ3) is 5.84. The monoisotopic (exact) mass is 327 g/mol. The fourth-order valence-corrected chi connectivity index (χ4v) is 2.41. The summed E-state index contributed by atoms with van der Waals surface area (Å²) in [6, 6.07) is -0.0177. The molecule has 0 aliphatic carbocycles. The minimum atomic E-state index is -4.28. The summed E-state index contributed by atoms with van der Waals surface area (Å²) in [6.45, 7) is 0.801. The molecule has 0 amide bonds. The van der Waals surface area contributed by atoms with E-state index in [1.54, 1.807) is 11.7 Å². The number of aromatic nitrogens is 2. The summed E-state index contributed by atoms with van der Waals surface area (Å²) >= 11 is 6.26. The van der Waals surface area contributed by atoms with E-state index in [2.05, 4.69) is 15.2 Å². The highest BCUT2D eigenvalue weighted by Gasteiger charge is 2.27. The number of halogens is 4. The number of hydrogen-bond acceptors (Lipinski definition) is 3. The third-order valence-electron chi connectivity index (χ3n) is 3.23. The molecule has 0 bridgehead atoms. The molecule has 0 spiro atoms. The molecule has 0 saturated carbocycles. The van der Waals surface area contributed by atoms with Crippen LogP contribution < -0.4 is 5.32 Å². The van der Waals surface area contributed by atoms with Crippen molar-refractivity contribution in [2.45, 2.75) is 38.4 Å². The second-order valence-electron chi connectivity index (χ2n) is 4.83. The minimum Gasteiger partial charge on any atom is -0.372 e. The molecular weight excluding hydrogens is 307 g/mol. The molecule has 21 heavy (non-hydrogen) atoms. The van der Waals surface area contributed by atoms with Crippen molar-refractivity contribution < 1.29 is 17.9 Å². The van der Waals surface area contributed by atoms with E-state index >= 15 is 0 Å². The van der Waals surface area contributed by atoms with Gasteiger partial charge in [-0.3, -0.25) is 4.68 Å². The van der Waals surface area contributed by atoms with Gasteiger partial charge < -0.3 is 10.1 Å². The topological polar surface area (TPSA) is 39.1 Å². The van der Waals surface area contributed by atoms with Gasteiger partial charge in [0, 0.05) is 26.1 Å². The van der Waals surface area contributed by atoms with Crippen LogP contribution in [0.2, 0.25) is 5.02 Å². The van der Waals surface area contributed by atoms with E-state index < -0.39 is 12.8 Å². The van der Waals surface area contributed by atoms with Crippen LogP contribution in [0, 0.1) is 0 Å². The lowest BCUT2D eigenvalue weighted by Gasteiger charge is -2.17. The average molecular weight is 328 g/mol. The zero-order valence-corrected chi connectivity index (χ0v) is 13.2. The van der Waals surface area contributed by atoms with Crippen molar-refractivity contribution in [1.29, 1.82) is 0 Å². The SMILES string of the molecule is CCc1nn(C)c(CC(CCOCC(F)(F)F)NC)c1Cl. The zero-order valence-electron chi connectivity index (χ0n) is 12.4. The summed E-state index contributed by atoms with van der Waals surface area (Å²) in [5.74, 6) is 0. The summed E-state index contributed by atoms with van der Waals surface area (Å²) < 4.78 is 42.3. The summed E-state index contributed by atoms with van der Waals surface area (Å²) in [5.41, 5.74) is 1.71. The predicted octanol–water partition coefficient (Wildman–Crippen LogP) is 2.74. The summed E-state index contributed by atoms with van der Waals surface area (Å²) in [5, 5.41) is 8.03. The standard InChI is InChI=1S/C13H21ClF3N3O/c1-4-10-12(14)11(20(3)19-10)7-9(18-2)5-6-21-8-13(15,16)17/h9,18H,4-8H2,1-3H3. The van der Waals surface area contributed by atoms with Crippen LogP contribution in [0.25, 0.3) is 0 Å². The second-order valence-corrected chi connectivity index (χ2v) is 5.21. The maximum absolute atomic E-state index is 12.0. The average Bonchev–Trinajstić information content (AvgIpc) is 2.67. The number of hydrogen-bond donors (Lipinski definition) is 1. The fourth-order valence-electron chi connectivity index (χ4n) is 2.04. The Morgan fingerprint density at radius 3 is 2.57 bits per heavy atom.